The van der Waals surface area contributed by atoms with Gasteiger partial charge in [0, 0.05) is 9.26 Å². The molecule has 0 aliphatic rings. The molecule has 82 valence electrons. The van der Waals surface area contributed by atoms with Gasteiger partial charge in [-0.25, -0.2) is 8.42 Å². The third-order valence-corrected chi connectivity index (χ3v) is 3.67. The highest BCUT2D eigenvalue weighted by molar-refractivity contribution is 14.1. The summed E-state index contributed by atoms with van der Waals surface area (Å²) in [5.41, 5.74) is 5.69. The number of benzene rings is 1. The molecule has 0 saturated carbocycles. The molecule has 0 radical (unpaired) electrons. The van der Waals surface area contributed by atoms with Gasteiger partial charge in [0.2, 0.25) is 10.0 Å². The molecule has 0 aromatic heterocycles. The summed E-state index contributed by atoms with van der Waals surface area (Å²) in [6, 6.07) is 7.02. The van der Waals surface area contributed by atoms with Crippen molar-refractivity contribution < 1.29 is 8.42 Å². The minimum Gasteiger partial charge on any atom is -0.392 e. The summed E-state index contributed by atoms with van der Waals surface area (Å²) in [5, 5.41) is 0. The molecule has 3 N–H and O–H groups in total. The minimum atomic E-state index is -3.47. The van der Waals surface area contributed by atoms with E-state index in [-0.39, 0.29) is 10.7 Å². The first-order valence-corrected chi connectivity index (χ1v) is 7.07. The molecular formula is C8H9IN2O2S2. The lowest BCUT2D eigenvalue weighted by Crippen LogP contribution is -2.26. The molecule has 0 saturated heterocycles. The van der Waals surface area contributed by atoms with Gasteiger partial charge >= 0.3 is 0 Å². The van der Waals surface area contributed by atoms with Crippen molar-refractivity contribution in [3.05, 3.63) is 27.8 Å². The van der Waals surface area contributed by atoms with Crippen LogP contribution in [0.2, 0.25) is 0 Å². The zero-order valence-electron chi connectivity index (χ0n) is 7.60. The van der Waals surface area contributed by atoms with Crippen LogP contribution in [-0.2, 0) is 10.0 Å². The van der Waals surface area contributed by atoms with E-state index in [0.29, 0.717) is 5.69 Å². The van der Waals surface area contributed by atoms with Gasteiger partial charge in [-0.1, -0.05) is 18.3 Å². The molecule has 0 unspecified atom stereocenters. The van der Waals surface area contributed by atoms with E-state index in [9.17, 15) is 8.42 Å². The number of hydrogen-bond donors (Lipinski definition) is 2. The predicted molar refractivity (Wildman–Crippen MR) is 73.4 cm³/mol. The second-order valence-corrected chi connectivity index (χ2v) is 6.33. The maximum atomic E-state index is 11.4. The van der Waals surface area contributed by atoms with Crippen LogP contribution >= 0.6 is 34.8 Å². The van der Waals surface area contributed by atoms with Crippen molar-refractivity contribution in [3.63, 3.8) is 0 Å². The molecule has 7 heteroatoms. The second-order valence-electron chi connectivity index (χ2n) is 2.84. The van der Waals surface area contributed by atoms with Crippen molar-refractivity contribution >= 4 is 55.5 Å². The summed E-state index contributed by atoms with van der Waals surface area (Å²) in [6.07, 6.45) is 0. The Morgan fingerprint density at radius 2 is 2.20 bits per heavy atom. The largest absolute Gasteiger partial charge is 0.392 e. The number of nitrogens with two attached hydrogens (primary N) is 1. The highest BCUT2D eigenvalue weighted by Crippen LogP contribution is 2.13. The fourth-order valence-corrected chi connectivity index (χ4v) is 2.90. The fourth-order valence-electron chi connectivity index (χ4n) is 0.955. The first-order valence-electron chi connectivity index (χ1n) is 3.93. The SMILES string of the molecule is NC(=S)CS(=O)(=O)Nc1cccc(I)c1. The summed E-state index contributed by atoms with van der Waals surface area (Å²) in [5.74, 6) is -0.339. The van der Waals surface area contributed by atoms with Crippen LogP contribution in [0, 0.1) is 3.57 Å². The molecular weight excluding hydrogens is 347 g/mol. The van der Waals surface area contributed by atoms with Gasteiger partial charge in [0.05, 0.1) is 4.99 Å². The molecule has 1 aromatic carbocycles. The van der Waals surface area contributed by atoms with Crippen LogP contribution < -0.4 is 10.5 Å². The van der Waals surface area contributed by atoms with Gasteiger partial charge in [0.1, 0.15) is 5.75 Å². The first kappa shape index (κ1) is 12.7. The van der Waals surface area contributed by atoms with E-state index < -0.39 is 10.0 Å². The monoisotopic (exact) mass is 356 g/mol. The predicted octanol–water partition coefficient (Wildman–Crippen LogP) is 1.32. The van der Waals surface area contributed by atoms with Crippen LogP contribution in [0.1, 0.15) is 0 Å². The Labute approximate surface area is 107 Å². The summed E-state index contributed by atoms with van der Waals surface area (Å²) < 4.78 is 26.2. The maximum absolute atomic E-state index is 11.4. The molecule has 1 rings (SSSR count). The van der Waals surface area contributed by atoms with Crippen LogP contribution in [0.3, 0.4) is 0 Å². The van der Waals surface area contributed by atoms with Gasteiger partial charge in [-0.3, -0.25) is 4.72 Å². The van der Waals surface area contributed by atoms with Crippen molar-refractivity contribution in [3.8, 4) is 0 Å². The number of thiocarbonyl (C=S) groups is 1. The second kappa shape index (κ2) is 5.08. The number of halogens is 1. The Bertz CT molecular complexity index is 473. The molecule has 0 heterocycles. The summed E-state index contributed by atoms with van der Waals surface area (Å²) in [6.45, 7) is 0. The van der Waals surface area contributed by atoms with Gasteiger partial charge in [-0.05, 0) is 40.8 Å². The number of anilines is 1. The summed E-state index contributed by atoms with van der Waals surface area (Å²) in [4.78, 5) is -0.0480. The molecule has 0 aliphatic heterocycles. The summed E-state index contributed by atoms with van der Waals surface area (Å²) in [7, 11) is -3.47. The molecule has 0 atom stereocenters. The van der Waals surface area contributed by atoms with Gasteiger partial charge < -0.3 is 5.73 Å². The quantitative estimate of drug-likeness (QED) is 0.631. The lowest BCUT2D eigenvalue weighted by molar-refractivity contribution is 0.605. The van der Waals surface area contributed by atoms with Crippen molar-refractivity contribution in [2.45, 2.75) is 0 Å². The topological polar surface area (TPSA) is 72.2 Å². The van der Waals surface area contributed by atoms with E-state index in [0.717, 1.165) is 3.57 Å². The lowest BCUT2D eigenvalue weighted by atomic mass is 10.3. The third kappa shape index (κ3) is 4.76. The maximum Gasteiger partial charge on any atom is 0.239 e. The third-order valence-electron chi connectivity index (χ3n) is 1.43. The normalized spacial score (nSPS) is 11.0. The van der Waals surface area contributed by atoms with Crippen molar-refractivity contribution in [2.75, 3.05) is 10.5 Å². The zero-order valence-corrected chi connectivity index (χ0v) is 11.4. The van der Waals surface area contributed by atoms with Crippen molar-refractivity contribution in [1.29, 1.82) is 0 Å². The van der Waals surface area contributed by atoms with Gasteiger partial charge in [-0.2, -0.15) is 0 Å². The molecule has 0 spiro atoms. The summed E-state index contributed by atoms with van der Waals surface area (Å²) >= 11 is 6.64. The van der Waals surface area contributed by atoms with E-state index in [2.05, 4.69) is 39.5 Å². The van der Waals surface area contributed by atoms with Crippen LogP contribution in [0.15, 0.2) is 24.3 Å². The van der Waals surface area contributed by atoms with E-state index in [1.54, 1.807) is 18.2 Å². The average Bonchev–Trinajstić information content (AvgIpc) is 1.99. The van der Waals surface area contributed by atoms with Crippen molar-refractivity contribution in [1.82, 2.24) is 0 Å². The standard InChI is InChI=1S/C8H9IN2O2S2/c9-6-2-1-3-7(4-6)11-15(12,13)5-8(10)14/h1-4,11H,5H2,(H2,10,14). The molecule has 0 bridgehead atoms. The zero-order chi connectivity index (χ0) is 11.5. The molecule has 1 aromatic rings. The van der Waals surface area contributed by atoms with Gasteiger partial charge in [-0.15, -0.1) is 0 Å². The minimum absolute atomic E-state index is 0.0480. The molecule has 0 aliphatic carbocycles. The molecule has 0 fully saturated rings. The van der Waals surface area contributed by atoms with Crippen LogP contribution in [0.25, 0.3) is 0 Å². The number of rotatable bonds is 4. The van der Waals surface area contributed by atoms with E-state index in [1.807, 2.05) is 6.07 Å². The van der Waals surface area contributed by atoms with Gasteiger partial charge in [0.15, 0.2) is 0 Å². The Balaban J connectivity index is 2.82. The van der Waals surface area contributed by atoms with Crippen LogP contribution in [0.4, 0.5) is 5.69 Å². The van der Waals surface area contributed by atoms with Crippen LogP contribution in [0.5, 0.6) is 0 Å². The lowest BCUT2D eigenvalue weighted by Gasteiger charge is -2.06. The van der Waals surface area contributed by atoms with Crippen LogP contribution in [-0.4, -0.2) is 19.2 Å². The van der Waals surface area contributed by atoms with Gasteiger partial charge in [0.25, 0.3) is 0 Å². The van der Waals surface area contributed by atoms with E-state index >= 15 is 0 Å². The number of sulfonamides is 1. The first-order chi connectivity index (χ1) is 6.89. The Morgan fingerprint density at radius 1 is 1.53 bits per heavy atom. The number of hydrogen-bond acceptors (Lipinski definition) is 3. The average molecular weight is 356 g/mol. The highest BCUT2D eigenvalue weighted by Gasteiger charge is 2.11. The molecule has 0 amide bonds. The van der Waals surface area contributed by atoms with Crippen molar-refractivity contribution in [2.24, 2.45) is 5.73 Å². The Morgan fingerprint density at radius 3 is 2.73 bits per heavy atom. The fraction of sp³-hybridized carbons (Fsp3) is 0.125. The van der Waals surface area contributed by atoms with E-state index in [4.69, 9.17) is 5.73 Å². The highest BCUT2D eigenvalue weighted by atomic mass is 127. The molecule has 15 heavy (non-hydrogen) atoms. The molecule has 4 nitrogen and oxygen atoms in total. The Hall–Kier alpha value is -0.410. The Kier molecular flexibility index (Phi) is 4.29. The number of nitrogens with one attached hydrogen (secondary N) is 1. The smallest absolute Gasteiger partial charge is 0.239 e. The van der Waals surface area contributed by atoms with E-state index in [1.165, 1.54) is 0 Å².